The molecule has 1 aliphatic heterocycles. The van der Waals surface area contributed by atoms with Crippen LogP contribution in [0.25, 0.3) is 6.08 Å². The smallest absolute Gasteiger partial charge is 0.337 e. The molecule has 2 aromatic rings. The molecule has 11 heteroatoms. The lowest BCUT2D eigenvalue weighted by atomic mass is 10.2. The highest BCUT2D eigenvalue weighted by atomic mass is 79.9. The van der Waals surface area contributed by atoms with E-state index in [-0.39, 0.29) is 18.7 Å². The normalized spacial score (nSPS) is 13.5. The van der Waals surface area contributed by atoms with Crippen LogP contribution in [0.5, 0.6) is 11.5 Å². The Balaban J connectivity index is 2.05. The minimum Gasteiger partial charge on any atom is -0.490 e. The summed E-state index contributed by atoms with van der Waals surface area (Å²) in [5.41, 5.74) is 6.42. The summed E-state index contributed by atoms with van der Waals surface area (Å²) in [6, 6.07) is 3.35. The number of amides is 1. The highest BCUT2D eigenvalue weighted by Gasteiger charge is 2.21. The highest BCUT2D eigenvalue weighted by Crippen LogP contribution is 2.34. The first kappa shape index (κ1) is 22.8. The molecule has 0 atom stereocenters. The number of carbonyl (C=O) groups is 2. The first-order chi connectivity index (χ1) is 14.7. The lowest BCUT2D eigenvalue weighted by Gasteiger charge is -2.13. The number of hydrogen-bond donors (Lipinski definition) is 1. The van der Waals surface area contributed by atoms with Gasteiger partial charge in [0.15, 0.2) is 22.9 Å². The summed E-state index contributed by atoms with van der Waals surface area (Å²) in [5.74, 6) is -0.351. The van der Waals surface area contributed by atoms with Gasteiger partial charge in [-0.15, -0.1) is 0 Å². The number of halogens is 1. The Morgan fingerprint density at radius 3 is 2.68 bits per heavy atom. The first-order valence-electron chi connectivity index (χ1n) is 9.20. The molecule has 0 aliphatic carbocycles. The molecule has 1 amide bonds. The van der Waals surface area contributed by atoms with Gasteiger partial charge in [0.25, 0.3) is 11.5 Å². The van der Waals surface area contributed by atoms with E-state index in [0.717, 1.165) is 0 Å². The summed E-state index contributed by atoms with van der Waals surface area (Å²) in [6.07, 6.45) is 1.70. The molecule has 1 aliphatic rings. The molecule has 31 heavy (non-hydrogen) atoms. The summed E-state index contributed by atoms with van der Waals surface area (Å²) in [7, 11) is 1.29. The number of thiazole rings is 1. The molecule has 0 radical (unpaired) electrons. The van der Waals surface area contributed by atoms with Crippen molar-refractivity contribution in [3.63, 3.8) is 0 Å². The molecule has 0 fully saturated rings. The topological polar surface area (TPSA) is 122 Å². The number of hydrogen-bond acceptors (Lipinski definition) is 8. The monoisotopic (exact) mass is 509 g/mol. The number of primary amides is 1. The number of esters is 1. The average Bonchev–Trinajstić information content (AvgIpc) is 3.02. The maximum atomic E-state index is 12.9. The molecular formula is C20H20BrN3O6S. The zero-order chi connectivity index (χ0) is 22.7. The largest absolute Gasteiger partial charge is 0.490 e. The molecule has 0 saturated carbocycles. The lowest BCUT2D eigenvalue weighted by Crippen LogP contribution is -2.35. The van der Waals surface area contributed by atoms with Gasteiger partial charge in [0.05, 0.1) is 36.1 Å². The Labute approximate surface area is 189 Å². The molecular weight excluding hydrogens is 490 g/mol. The van der Waals surface area contributed by atoms with Gasteiger partial charge < -0.3 is 19.9 Å². The molecule has 1 aromatic heterocycles. The van der Waals surface area contributed by atoms with Crippen LogP contribution in [0.4, 0.5) is 0 Å². The van der Waals surface area contributed by atoms with Gasteiger partial charge >= 0.3 is 5.97 Å². The second-order valence-electron chi connectivity index (χ2n) is 6.46. The van der Waals surface area contributed by atoms with Crippen LogP contribution in [0.2, 0.25) is 0 Å². The van der Waals surface area contributed by atoms with Crippen molar-refractivity contribution in [2.75, 3.05) is 20.3 Å². The summed E-state index contributed by atoms with van der Waals surface area (Å²) >= 11 is 4.68. The summed E-state index contributed by atoms with van der Waals surface area (Å²) in [5, 5.41) is 0. The van der Waals surface area contributed by atoms with Crippen molar-refractivity contribution >= 4 is 45.2 Å². The van der Waals surface area contributed by atoms with Crippen LogP contribution in [0, 0.1) is 0 Å². The molecule has 1 aromatic carbocycles. The second-order valence-corrected chi connectivity index (χ2v) is 8.32. The van der Waals surface area contributed by atoms with Crippen molar-refractivity contribution in [3.05, 3.63) is 53.1 Å². The van der Waals surface area contributed by atoms with E-state index in [9.17, 15) is 14.4 Å². The summed E-state index contributed by atoms with van der Waals surface area (Å²) < 4.78 is 18.3. The van der Waals surface area contributed by atoms with Gasteiger partial charge in [0.1, 0.15) is 0 Å². The van der Waals surface area contributed by atoms with Crippen molar-refractivity contribution in [1.29, 1.82) is 0 Å². The van der Waals surface area contributed by atoms with Crippen molar-refractivity contribution < 1.29 is 23.8 Å². The number of benzene rings is 1. The third kappa shape index (κ3) is 4.88. The van der Waals surface area contributed by atoms with Crippen LogP contribution in [-0.4, -0.2) is 36.8 Å². The van der Waals surface area contributed by atoms with Gasteiger partial charge in [0.2, 0.25) is 0 Å². The third-order valence-corrected chi connectivity index (χ3v) is 6.05. The van der Waals surface area contributed by atoms with E-state index in [1.807, 2.05) is 6.92 Å². The van der Waals surface area contributed by atoms with E-state index in [1.54, 1.807) is 25.1 Å². The molecule has 3 rings (SSSR count). The molecule has 9 nitrogen and oxygen atoms in total. The van der Waals surface area contributed by atoms with Crippen molar-refractivity contribution in [2.45, 2.75) is 20.4 Å². The number of rotatable bonds is 7. The van der Waals surface area contributed by atoms with Gasteiger partial charge in [-0.25, -0.2) is 9.79 Å². The number of methoxy groups -OCH3 is 1. The molecule has 164 valence electrons. The number of fused-ring (bicyclic) bond motifs is 1. The number of nitrogens with zero attached hydrogens (tertiary/aromatic N) is 2. The van der Waals surface area contributed by atoms with E-state index in [1.165, 1.54) is 23.0 Å². The van der Waals surface area contributed by atoms with Crippen LogP contribution in [-0.2, 0) is 20.9 Å². The average molecular weight is 510 g/mol. The Kier molecular flexibility index (Phi) is 6.96. The third-order valence-electron chi connectivity index (χ3n) is 4.36. The van der Waals surface area contributed by atoms with Gasteiger partial charge in [-0.1, -0.05) is 27.3 Å². The van der Waals surface area contributed by atoms with Crippen molar-refractivity contribution in [2.24, 2.45) is 10.7 Å². The van der Waals surface area contributed by atoms with E-state index >= 15 is 0 Å². The minimum atomic E-state index is -0.606. The predicted octanol–water partition coefficient (Wildman–Crippen LogP) is 0.844. The van der Waals surface area contributed by atoms with Gasteiger partial charge in [-0.2, -0.15) is 0 Å². The molecule has 2 N–H and O–H groups in total. The molecule has 2 heterocycles. The maximum Gasteiger partial charge on any atom is 0.337 e. The van der Waals surface area contributed by atoms with E-state index in [0.29, 0.717) is 48.7 Å². The number of ether oxygens (including phenoxy) is 3. The van der Waals surface area contributed by atoms with Gasteiger partial charge in [-0.05, 0) is 37.6 Å². The number of allylic oxidation sites excluding steroid dienone is 1. The Morgan fingerprint density at radius 1 is 1.32 bits per heavy atom. The summed E-state index contributed by atoms with van der Waals surface area (Å²) in [4.78, 5) is 40.8. The van der Waals surface area contributed by atoms with Crippen LogP contribution in [0.15, 0.2) is 37.7 Å². The van der Waals surface area contributed by atoms with Crippen LogP contribution >= 0.6 is 27.3 Å². The highest BCUT2D eigenvalue weighted by molar-refractivity contribution is 9.10. The number of carbonyl (C=O) groups excluding carboxylic acids is 2. The van der Waals surface area contributed by atoms with Gasteiger partial charge in [-0.3, -0.25) is 14.2 Å². The van der Waals surface area contributed by atoms with Crippen LogP contribution in [0.1, 0.15) is 19.4 Å². The van der Waals surface area contributed by atoms with Crippen LogP contribution in [0.3, 0.4) is 0 Å². The summed E-state index contributed by atoms with van der Waals surface area (Å²) in [6.45, 7) is 3.72. The molecule has 0 saturated heterocycles. The molecule has 0 bridgehead atoms. The Morgan fingerprint density at radius 2 is 2.03 bits per heavy atom. The SMILES string of the molecule is CCOc1cc(/C=c2\sc3n(c2=O)CC(C(=O)OC)=C(C)N=3)c(Br)cc1OCC(N)=O. The van der Waals surface area contributed by atoms with E-state index < -0.39 is 11.9 Å². The Hall–Kier alpha value is -2.92. The molecule has 0 spiro atoms. The fraction of sp³-hybridized carbons (Fsp3) is 0.300. The lowest BCUT2D eigenvalue weighted by molar-refractivity contribution is -0.136. The quantitative estimate of drug-likeness (QED) is 0.551. The standard InChI is InChI=1S/C20H20BrN3O6S/c1-4-29-14-5-11(13(21)7-15(14)30-9-17(22)25)6-16-18(26)24-8-12(19(27)28-3)10(2)23-20(24)31-16/h5-7H,4,8-9H2,1-3H3,(H2,22,25)/b16-6-. The molecule has 0 unspecified atom stereocenters. The number of nitrogens with two attached hydrogens (primary N) is 1. The second kappa shape index (κ2) is 9.48. The van der Waals surface area contributed by atoms with Gasteiger partial charge in [0, 0.05) is 4.47 Å². The van der Waals surface area contributed by atoms with Crippen molar-refractivity contribution in [1.82, 2.24) is 4.57 Å². The van der Waals surface area contributed by atoms with Crippen LogP contribution < -0.4 is 30.1 Å². The number of aromatic nitrogens is 1. The predicted molar refractivity (Wildman–Crippen MR) is 118 cm³/mol. The Bertz CT molecular complexity index is 1260. The van der Waals surface area contributed by atoms with E-state index in [2.05, 4.69) is 20.9 Å². The zero-order valence-corrected chi connectivity index (χ0v) is 19.5. The van der Waals surface area contributed by atoms with Crippen molar-refractivity contribution in [3.8, 4) is 11.5 Å². The maximum absolute atomic E-state index is 12.9. The van der Waals surface area contributed by atoms with E-state index in [4.69, 9.17) is 19.9 Å². The minimum absolute atomic E-state index is 0.103. The fourth-order valence-corrected chi connectivity index (χ4v) is 4.34. The first-order valence-corrected chi connectivity index (χ1v) is 10.8. The zero-order valence-electron chi connectivity index (χ0n) is 17.1. The fourth-order valence-electron chi connectivity index (χ4n) is 2.88.